The van der Waals surface area contributed by atoms with Crippen molar-refractivity contribution in [2.75, 3.05) is 19.1 Å². The Hall–Kier alpha value is -3.20. The number of carbonyl (C=O) groups is 2. The maximum atomic E-state index is 13.3. The van der Waals surface area contributed by atoms with Gasteiger partial charge in [-0.25, -0.2) is 0 Å². The lowest BCUT2D eigenvalue weighted by Crippen LogP contribution is -2.29. The van der Waals surface area contributed by atoms with Crippen LogP contribution in [0.5, 0.6) is 17.2 Å². The van der Waals surface area contributed by atoms with E-state index in [0.717, 1.165) is 5.56 Å². The molecule has 1 saturated heterocycles. The SMILES string of the molecule is COc1c(Cl)cc(/C(O)=C2/C(=O)C(=O)N(c3cc(C)ccc3O)C2c2cccs2)c(OC)c1Cl. The van der Waals surface area contributed by atoms with Crippen LogP contribution >= 0.6 is 34.5 Å². The number of thiophene rings is 1. The van der Waals surface area contributed by atoms with Crippen LogP contribution in [-0.4, -0.2) is 36.1 Å². The molecule has 1 aliphatic rings. The number of carbonyl (C=O) groups excluding carboxylic acids is 2. The molecule has 4 rings (SSSR count). The number of aromatic hydroxyl groups is 1. The Morgan fingerprint density at radius 1 is 1.09 bits per heavy atom. The average Bonchev–Trinajstić information content (AvgIpc) is 3.42. The zero-order chi connectivity index (χ0) is 24.7. The summed E-state index contributed by atoms with van der Waals surface area (Å²) in [6.07, 6.45) is 0. The maximum absolute atomic E-state index is 13.3. The van der Waals surface area contributed by atoms with Gasteiger partial charge in [0.2, 0.25) is 0 Å². The zero-order valence-electron chi connectivity index (χ0n) is 18.3. The van der Waals surface area contributed by atoms with Crippen molar-refractivity contribution in [1.82, 2.24) is 0 Å². The van der Waals surface area contributed by atoms with E-state index in [1.54, 1.807) is 36.6 Å². The fraction of sp³-hybridized carbons (Fsp3) is 0.167. The molecule has 1 aliphatic heterocycles. The molecule has 1 amide bonds. The topological polar surface area (TPSA) is 96.3 Å². The van der Waals surface area contributed by atoms with Crippen molar-refractivity contribution in [3.05, 3.63) is 73.4 Å². The lowest BCUT2D eigenvalue weighted by atomic mass is 9.99. The molecule has 7 nitrogen and oxygen atoms in total. The molecule has 2 N–H and O–H groups in total. The van der Waals surface area contributed by atoms with Crippen LogP contribution in [0.4, 0.5) is 5.69 Å². The fourth-order valence-corrected chi connectivity index (χ4v) is 5.43. The first kappa shape index (κ1) is 23.9. The molecule has 2 aromatic carbocycles. The van der Waals surface area contributed by atoms with E-state index in [-0.39, 0.29) is 44.1 Å². The summed E-state index contributed by atoms with van der Waals surface area (Å²) in [4.78, 5) is 28.3. The predicted octanol–water partition coefficient (Wildman–Crippen LogP) is 5.71. The zero-order valence-corrected chi connectivity index (χ0v) is 20.6. The third-order valence-corrected chi connectivity index (χ3v) is 6.99. The van der Waals surface area contributed by atoms with Gasteiger partial charge in [0.05, 0.1) is 36.1 Å². The molecule has 10 heteroatoms. The predicted molar refractivity (Wildman–Crippen MR) is 132 cm³/mol. The molecule has 1 unspecified atom stereocenters. The number of phenols is 1. The summed E-state index contributed by atoms with van der Waals surface area (Å²) in [5.41, 5.74) is 0.752. The number of aliphatic hydroxyl groups is 1. The number of aliphatic hydroxyl groups excluding tert-OH is 1. The quantitative estimate of drug-likeness (QED) is 0.254. The summed E-state index contributed by atoms with van der Waals surface area (Å²) >= 11 is 14.0. The number of hydrogen-bond donors (Lipinski definition) is 2. The second-order valence-corrected chi connectivity index (χ2v) is 9.23. The van der Waals surface area contributed by atoms with Crippen molar-refractivity contribution in [2.24, 2.45) is 0 Å². The Morgan fingerprint density at radius 2 is 1.79 bits per heavy atom. The highest BCUT2D eigenvalue weighted by molar-refractivity contribution is 7.10. The first-order chi connectivity index (χ1) is 16.2. The van der Waals surface area contributed by atoms with E-state index in [1.807, 2.05) is 0 Å². The molecule has 0 aliphatic carbocycles. The normalized spacial score (nSPS) is 17.3. The minimum absolute atomic E-state index is 0.00252. The van der Waals surface area contributed by atoms with Gasteiger partial charge in [0.25, 0.3) is 11.7 Å². The molecule has 0 radical (unpaired) electrons. The van der Waals surface area contributed by atoms with E-state index in [4.69, 9.17) is 32.7 Å². The van der Waals surface area contributed by atoms with Gasteiger partial charge in [-0.15, -0.1) is 11.3 Å². The number of methoxy groups -OCH3 is 2. The number of aryl methyl sites for hydroxylation is 1. The van der Waals surface area contributed by atoms with Crippen LogP contribution in [0, 0.1) is 6.92 Å². The smallest absolute Gasteiger partial charge is 0.300 e. The molecule has 176 valence electrons. The number of ether oxygens (including phenoxy) is 2. The third kappa shape index (κ3) is 3.77. The number of halogens is 2. The van der Waals surface area contributed by atoms with Crippen LogP contribution in [0.15, 0.2) is 47.4 Å². The van der Waals surface area contributed by atoms with Gasteiger partial charge in [-0.05, 0) is 42.1 Å². The molecule has 1 atom stereocenters. The molecule has 3 aromatic rings. The Morgan fingerprint density at radius 3 is 2.41 bits per heavy atom. The fourth-order valence-electron chi connectivity index (χ4n) is 3.92. The minimum Gasteiger partial charge on any atom is -0.507 e. The van der Waals surface area contributed by atoms with E-state index in [2.05, 4.69) is 0 Å². The van der Waals surface area contributed by atoms with Crippen molar-refractivity contribution in [1.29, 1.82) is 0 Å². The molecule has 1 aromatic heterocycles. The molecule has 2 heterocycles. The average molecular weight is 520 g/mol. The van der Waals surface area contributed by atoms with Gasteiger partial charge in [-0.1, -0.05) is 35.3 Å². The lowest BCUT2D eigenvalue weighted by Gasteiger charge is -2.25. The number of rotatable bonds is 5. The number of anilines is 1. The van der Waals surface area contributed by atoms with E-state index in [9.17, 15) is 19.8 Å². The molecular formula is C24H19Cl2NO6S. The maximum Gasteiger partial charge on any atom is 0.300 e. The number of amides is 1. The number of Topliss-reactive ketones (excluding diaryl/α,β-unsaturated/α-hetero) is 1. The molecule has 0 spiro atoms. The standard InChI is InChI=1S/C24H19Cl2NO6S/c1-11-6-7-15(28)14(9-11)27-19(16-5-4-8-34-16)17(21(30)24(27)31)20(29)12-10-13(25)23(33-3)18(26)22(12)32-2/h4-10,19,28-29H,1-3H3/b20-17-. The van der Waals surface area contributed by atoms with Gasteiger partial charge in [0.15, 0.2) is 11.5 Å². The summed E-state index contributed by atoms with van der Waals surface area (Å²) in [5, 5.41) is 23.8. The van der Waals surface area contributed by atoms with Crippen molar-refractivity contribution in [3.8, 4) is 17.2 Å². The monoisotopic (exact) mass is 519 g/mol. The summed E-state index contributed by atoms with van der Waals surface area (Å²) in [6.45, 7) is 1.80. The van der Waals surface area contributed by atoms with Crippen LogP contribution in [0.2, 0.25) is 10.0 Å². The Labute approximate surface area is 209 Å². The highest BCUT2D eigenvalue weighted by Crippen LogP contribution is 2.49. The van der Waals surface area contributed by atoms with Crippen LogP contribution < -0.4 is 14.4 Å². The van der Waals surface area contributed by atoms with Gasteiger partial charge in [-0.2, -0.15) is 0 Å². The Bertz CT molecular complexity index is 1340. The molecule has 0 saturated carbocycles. The Balaban J connectivity index is 2.02. The molecule has 0 bridgehead atoms. The lowest BCUT2D eigenvalue weighted by molar-refractivity contribution is -0.132. The summed E-state index contributed by atoms with van der Waals surface area (Å²) in [7, 11) is 2.72. The van der Waals surface area contributed by atoms with Gasteiger partial charge in [0, 0.05) is 4.88 Å². The van der Waals surface area contributed by atoms with Gasteiger partial charge in [0.1, 0.15) is 22.6 Å². The van der Waals surface area contributed by atoms with Gasteiger partial charge in [-0.3, -0.25) is 14.5 Å². The van der Waals surface area contributed by atoms with Crippen LogP contribution in [0.25, 0.3) is 5.76 Å². The van der Waals surface area contributed by atoms with Crippen molar-refractivity contribution < 1.29 is 29.3 Å². The summed E-state index contributed by atoms with van der Waals surface area (Å²) < 4.78 is 10.6. The minimum atomic E-state index is -1.00. The number of benzene rings is 2. The summed E-state index contributed by atoms with van der Waals surface area (Å²) in [6, 6.07) is 8.57. The van der Waals surface area contributed by atoms with Gasteiger partial charge < -0.3 is 19.7 Å². The first-order valence-corrected chi connectivity index (χ1v) is 11.6. The largest absolute Gasteiger partial charge is 0.507 e. The number of ketones is 1. The molecular weight excluding hydrogens is 501 g/mol. The van der Waals surface area contributed by atoms with E-state index in [1.165, 1.54) is 42.6 Å². The van der Waals surface area contributed by atoms with E-state index in [0.29, 0.717) is 4.88 Å². The van der Waals surface area contributed by atoms with Crippen molar-refractivity contribution in [2.45, 2.75) is 13.0 Å². The van der Waals surface area contributed by atoms with Crippen molar-refractivity contribution in [3.63, 3.8) is 0 Å². The molecule has 1 fully saturated rings. The highest BCUT2D eigenvalue weighted by Gasteiger charge is 2.48. The van der Waals surface area contributed by atoms with Crippen LogP contribution in [0.1, 0.15) is 22.0 Å². The number of hydrogen-bond acceptors (Lipinski definition) is 7. The van der Waals surface area contributed by atoms with Crippen molar-refractivity contribution >= 4 is 57.7 Å². The van der Waals surface area contributed by atoms with Crippen LogP contribution in [0.3, 0.4) is 0 Å². The second kappa shape index (κ2) is 9.21. The van der Waals surface area contributed by atoms with E-state index < -0.39 is 23.5 Å². The summed E-state index contributed by atoms with van der Waals surface area (Å²) in [5.74, 6) is -2.36. The third-order valence-electron chi connectivity index (χ3n) is 5.44. The van der Waals surface area contributed by atoms with E-state index >= 15 is 0 Å². The van der Waals surface area contributed by atoms with Crippen LogP contribution in [-0.2, 0) is 9.59 Å². The number of nitrogens with zero attached hydrogens (tertiary/aromatic N) is 1. The molecule has 34 heavy (non-hydrogen) atoms. The number of phenolic OH excluding ortho intramolecular Hbond substituents is 1. The first-order valence-electron chi connectivity index (χ1n) is 9.95. The Kier molecular flexibility index (Phi) is 6.49. The van der Waals surface area contributed by atoms with Gasteiger partial charge >= 0.3 is 0 Å². The highest BCUT2D eigenvalue weighted by atomic mass is 35.5. The second-order valence-electron chi connectivity index (χ2n) is 7.46.